The molecule has 1 amide bonds. The molecule has 1 N–H and O–H groups in total. The van der Waals surface area contributed by atoms with Crippen molar-refractivity contribution in [2.75, 3.05) is 13.1 Å². The van der Waals surface area contributed by atoms with Crippen LogP contribution < -0.4 is 4.72 Å². The predicted octanol–water partition coefficient (Wildman–Crippen LogP) is 2.20. The van der Waals surface area contributed by atoms with Gasteiger partial charge in [0.2, 0.25) is 15.9 Å². The van der Waals surface area contributed by atoms with E-state index in [2.05, 4.69) is 4.72 Å². The number of carbonyl (C=O) groups excluding carboxylic acids is 1. The first-order chi connectivity index (χ1) is 10.8. The zero-order valence-corrected chi connectivity index (χ0v) is 14.3. The Morgan fingerprint density at radius 3 is 2.74 bits per heavy atom. The Hall–Kier alpha value is -1.47. The number of rotatable bonds is 5. The molecule has 1 saturated heterocycles. The molecule has 0 spiro atoms. The molecule has 0 saturated carbocycles. The Balaban J connectivity index is 2.10. The number of benzene rings is 1. The van der Waals surface area contributed by atoms with Gasteiger partial charge in [0.1, 0.15) is 10.7 Å². The maximum absolute atomic E-state index is 13.9. The van der Waals surface area contributed by atoms with Gasteiger partial charge >= 0.3 is 0 Å². The molecule has 7 heteroatoms. The van der Waals surface area contributed by atoms with Gasteiger partial charge in [-0.25, -0.2) is 17.5 Å². The second-order valence-corrected chi connectivity index (χ2v) is 7.64. The summed E-state index contributed by atoms with van der Waals surface area (Å²) in [6.45, 7) is 4.91. The Morgan fingerprint density at radius 1 is 1.35 bits per heavy atom. The Morgan fingerprint density at radius 2 is 2.09 bits per heavy atom. The van der Waals surface area contributed by atoms with Gasteiger partial charge in [-0.2, -0.15) is 0 Å². The average Bonchev–Trinajstić information content (AvgIpc) is 2.62. The summed E-state index contributed by atoms with van der Waals surface area (Å²) >= 11 is 0. The molecule has 0 radical (unpaired) electrons. The van der Waals surface area contributed by atoms with Crippen LogP contribution in [0.5, 0.6) is 0 Å². The van der Waals surface area contributed by atoms with E-state index in [9.17, 15) is 17.6 Å². The van der Waals surface area contributed by atoms with E-state index in [1.165, 1.54) is 12.1 Å². The first-order valence-electron chi connectivity index (χ1n) is 7.89. The van der Waals surface area contributed by atoms with E-state index in [0.717, 1.165) is 6.42 Å². The van der Waals surface area contributed by atoms with Crippen molar-refractivity contribution in [1.82, 2.24) is 9.62 Å². The molecule has 0 bridgehead atoms. The van der Waals surface area contributed by atoms with Gasteiger partial charge in [0.25, 0.3) is 0 Å². The van der Waals surface area contributed by atoms with Gasteiger partial charge in [0.15, 0.2) is 0 Å². The summed E-state index contributed by atoms with van der Waals surface area (Å²) < 4.78 is 41.2. The molecule has 1 aromatic rings. The molecular weight excluding hydrogens is 319 g/mol. The van der Waals surface area contributed by atoms with Gasteiger partial charge in [-0.05, 0) is 43.9 Å². The number of nitrogens with zero attached hydrogens (tertiary/aromatic N) is 1. The van der Waals surface area contributed by atoms with E-state index in [1.807, 2.05) is 6.92 Å². The van der Waals surface area contributed by atoms with E-state index < -0.39 is 15.8 Å². The van der Waals surface area contributed by atoms with Crippen molar-refractivity contribution in [3.63, 3.8) is 0 Å². The van der Waals surface area contributed by atoms with Crippen LogP contribution >= 0.6 is 0 Å². The Kier molecular flexibility index (Phi) is 5.75. The lowest BCUT2D eigenvalue weighted by atomic mass is 10.1. The lowest BCUT2D eigenvalue weighted by Crippen LogP contribution is -2.36. The van der Waals surface area contributed by atoms with E-state index in [1.54, 1.807) is 17.9 Å². The quantitative estimate of drug-likeness (QED) is 0.892. The molecule has 0 aromatic heterocycles. The van der Waals surface area contributed by atoms with E-state index in [4.69, 9.17) is 0 Å². The van der Waals surface area contributed by atoms with Crippen LogP contribution in [0.3, 0.4) is 0 Å². The fraction of sp³-hybridized carbons (Fsp3) is 0.562. The standard InChI is InChI=1S/C16H23FN2O3S/c1-3-9-19-10-8-13(5-7-16(19)20)18-23(21,22)15-6-4-12(2)11-14(15)17/h4,6,11,13,18H,3,5,7-10H2,1-2H3. The number of nitrogens with one attached hydrogen (secondary N) is 1. The minimum absolute atomic E-state index is 0.0510. The van der Waals surface area contributed by atoms with Crippen LogP contribution in [-0.4, -0.2) is 38.4 Å². The third-order valence-corrected chi connectivity index (χ3v) is 5.55. The number of carbonyl (C=O) groups is 1. The molecule has 1 atom stereocenters. The van der Waals surface area contributed by atoms with Gasteiger partial charge in [-0.15, -0.1) is 0 Å². The maximum Gasteiger partial charge on any atom is 0.243 e. The Bertz CT molecular complexity index is 676. The normalized spacial score (nSPS) is 19.7. The number of amides is 1. The van der Waals surface area contributed by atoms with Crippen LogP contribution in [0.1, 0.15) is 38.2 Å². The van der Waals surface area contributed by atoms with Gasteiger partial charge in [0.05, 0.1) is 0 Å². The summed E-state index contributed by atoms with van der Waals surface area (Å²) in [6.07, 6.45) is 2.16. The van der Waals surface area contributed by atoms with Gasteiger partial charge < -0.3 is 4.90 Å². The molecule has 5 nitrogen and oxygen atoms in total. The van der Waals surface area contributed by atoms with Crippen molar-refractivity contribution in [3.05, 3.63) is 29.6 Å². The van der Waals surface area contributed by atoms with Crippen molar-refractivity contribution in [3.8, 4) is 0 Å². The third kappa shape index (κ3) is 4.51. The van der Waals surface area contributed by atoms with E-state index in [0.29, 0.717) is 37.9 Å². The highest BCUT2D eigenvalue weighted by Gasteiger charge is 2.27. The van der Waals surface area contributed by atoms with E-state index in [-0.39, 0.29) is 16.8 Å². The largest absolute Gasteiger partial charge is 0.343 e. The summed E-state index contributed by atoms with van der Waals surface area (Å²) in [4.78, 5) is 13.4. The molecule has 1 heterocycles. The second-order valence-electron chi connectivity index (χ2n) is 5.96. The summed E-state index contributed by atoms with van der Waals surface area (Å²) in [6, 6.07) is 3.69. The monoisotopic (exact) mass is 342 g/mol. The third-order valence-electron chi connectivity index (χ3n) is 4.00. The fourth-order valence-electron chi connectivity index (χ4n) is 2.77. The molecule has 1 aliphatic heterocycles. The van der Waals surface area contributed by atoms with Crippen LogP contribution in [0.15, 0.2) is 23.1 Å². The molecule has 1 aliphatic rings. The summed E-state index contributed by atoms with van der Waals surface area (Å²) in [5, 5.41) is 0. The first kappa shape index (κ1) is 17.9. The highest BCUT2D eigenvalue weighted by molar-refractivity contribution is 7.89. The van der Waals surface area contributed by atoms with Gasteiger partial charge in [0, 0.05) is 25.6 Å². The number of sulfonamides is 1. The molecule has 1 aromatic carbocycles. The van der Waals surface area contributed by atoms with Crippen LogP contribution in [0.25, 0.3) is 0 Å². The highest BCUT2D eigenvalue weighted by Crippen LogP contribution is 2.19. The van der Waals surface area contributed by atoms with Crippen molar-refractivity contribution >= 4 is 15.9 Å². The van der Waals surface area contributed by atoms with Gasteiger partial charge in [-0.1, -0.05) is 13.0 Å². The first-order valence-corrected chi connectivity index (χ1v) is 9.38. The molecule has 0 aliphatic carbocycles. The van der Waals surface area contributed by atoms with Crippen LogP contribution in [0.2, 0.25) is 0 Å². The number of aryl methyl sites for hydroxylation is 1. The van der Waals surface area contributed by atoms with Crippen LogP contribution in [0.4, 0.5) is 4.39 Å². The molecule has 2 rings (SSSR count). The molecule has 23 heavy (non-hydrogen) atoms. The molecule has 128 valence electrons. The minimum Gasteiger partial charge on any atom is -0.343 e. The average molecular weight is 342 g/mol. The number of halogens is 1. The predicted molar refractivity (Wildman–Crippen MR) is 86.0 cm³/mol. The van der Waals surface area contributed by atoms with Crippen LogP contribution in [0, 0.1) is 12.7 Å². The maximum atomic E-state index is 13.9. The second kappa shape index (κ2) is 7.40. The number of hydrogen-bond donors (Lipinski definition) is 1. The molecule has 1 unspecified atom stereocenters. The summed E-state index contributed by atoms with van der Waals surface area (Å²) in [7, 11) is -3.93. The lowest BCUT2D eigenvalue weighted by molar-refractivity contribution is -0.130. The summed E-state index contributed by atoms with van der Waals surface area (Å²) in [5.41, 5.74) is 0.664. The zero-order valence-electron chi connectivity index (χ0n) is 13.5. The van der Waals surface area contributed by atoms with Crippen molar-refractivity contribution in [2.24, 2.45) is 0 Å². The van der Waals surface area contributed by atoms with Crippen molar-refractivity contribution in [2.45, 2.75) is 50.5 Å². The number of hydrogen-bond acceptors (Lipinski definition) is 3. The minimum atomic E-state index is -3.93. The molecular formula is C16H23FN2O3S. The zero-order chi connectivity index (χ0) is 17.0. The topological polar surface area (TPSA) is 66.5 Å². The van der Waals surface area contributed by atoms with Crippen LogP contribution in [-0.2, 0) is 14.8 Å². The molecule has 1 fully saturated rings. The van der Waals surface area contributed by atoms with Gasteiger partial charge in [-0.3, -0.25) is 4.79 Å². The fourth-order valence-corrected chi connectivity index (χ4v) is 4.13. The van der Waals surface area contributed by atoms with Crippen molar-refractivity contribution < 1.29 is 17.6 Å². The van der Waals surface area contributed by atoms with E-state index >= 15 is 0 Å². The number of likely N-dealkylation sites (tertiary alicyclic amines) is 1. The highest BCUT2D eigenvalue weighted by atomic mass is 32.2. The summed E-state index contributed by atoms with van der Waals surface area (Å²) in [5.74, 6) is -0.704. The lowest BCUT2D eigenvalue weighted by Gasteiger charge is -2.20. The van der Waals surface area contributed by atoms with Crippen molar-refractivity contribution in [1.29, 1.82) is 0 Å². The Labute approximate surface area is 136 Å². The smallest absolute Gasteiger partial charge is 0.243 e. The SMILES string of the molecule is CCCN1CCC(NS(=O)(=O)c2ccc(C)cc2F)CCC1=O.